The molecule has 24 heavy (non-hydrogen) atoms. The van der Waals surface area contributed by atoms with E-state index in [1.165, 1.54) is 5.56 Å². The Labute approximate surface area is 150 Å². The lowest BCUT2D eigenvalue weighted by Crippen LogP contribution is -2.45. The van der Waals surface area contributed by atoms with Crippen molar-refractivity contribution < 1.29 is 4.92 Å². The molecule has 0 atom stereocenters. The summed E-state index contributed by atoms with van der Waals surface area (Å²) < 4.78 is 1.11. The predicted octanol–water partition coefficient (Wildman–Crippen LogP) is 3.68. The predicted molar refractivity (Wildman–Crippen MR) is 97.8 cm³/mol. The fourth-order valence-corrected chi connectivity index (χ4v) is 3.20. The Morgan fingerprint density at radius 1 is 0.833 bits per heavy atom. The molecule has 0 saturated carbocycles. The topological polar surface area (TPSA) is 49.6 Å². The second-order valence-electron chi connectivity index (χ2n) is 6.10. The van der Waals surface area contributed by atoms with Crippen LogP contribution in [0, 0.1) is 10.1 Å². The van der Waals surface area contributed by atoms with Gasteiger partial charge in [0.05, 0.1) is 4.92 Å². The van der Waals surface area contributed by atoms with Crippen molar-refractivity contribution in [2.75, 3.05) is 26.2 Å². The molecule has 0 spiro atoms. The maximum absolute atomic E-state index is 10.7. The summed E-state index contributed by atoms with van der Waals surface area (Å²) in [5.41, 5.74) is 2.61. The number of non-ortho nitro benzene ring substituents is 1. The molecule has 126 valence electrons. The Morgan fingerprint density at radius 2 is 1.25 bits per heavy atom. The van der Waals surface area contributed by atoms with Crippen molar-refractivity contribution in [1.29, 1.82) is 0 Å². The average Bonchev–Trinajstić information content (AvgIpc) is 2.59. The molecule has 6 heteroatoms. The summed E-state index contributed by atoms with van der Waals surface area (Å²) in [6, 6.07) is 15.4. The molecule has 0 bridgehead atoms. The Hall–Kier alpha value is -1.76. The third kappa shape index (κ3) is 4.63. The van der Waals surface area contributed by atoms with Crippen LogP contribution in [0.3, 0.4) is 0 Å². The van der Waals surface area contributed by atoms with E-state index in [1.54, 1.807) is 12.1 Å². The van der Waals surface area contributed by atoms with Gasteiger partial charge in [-0.3, -0.25) is 19.9 Å². The molecule has 0 aromatic heterocycles. The van der Waals surface area contributed by atoms with Gasteiger partial charge >= 0.3 is 0 Å². The largest absolute Gasteiger partial charge is 0.297 e. The summed E-state index contributed by atoms with van der Waals surface area (Å²) in [6.45, 7) is 5.97. The second-order valence-corrected chi connectivity index (χ2v) is 7.02. The number of nitro groups is 1. The van der Waals surface area contributed by atoms with Crippen LogP contribution in [0.15, 0.2) is 53.0 Å². The molecule has 3 rings (SSSR count). The van der Waals surface area contributed by atoms with Crippen LogP contribution >= 0.6 is 15.9 Å². The minimum atomic E-state index is -0.356. The van der Waals surface area contributed by atoms with Crippen molar-refractivity contribution in [1.82, 2.24) is 9.80 Å². The Morgan fingerprint density at radius 3 is 1.67 bits per heavy atom. The third-order valence-corrected chi connectivity index (χ3v) is 4.87. The molecule has 0 radical (unpaired) electrons. The van der Waals surface area contributed by atoms with Crippen LogP contribution in [0.2, 0.25) is 0 Å². The number of nitrogens with zero attached hydrogens (tertiary/aromatic N) is 3. The molecule has 2 aromatic rings. The molecule has 1 fully saturated rings. The van der Waals surface area contributed by atoms with E-state index in [0.29, 0.717) is 0 Å². The van der Waals surface area contributed by atoms with E-state index in [4.69, 9.17) is 0 Å². The van der Waals surface area contributed by atoms with Gasteiger partial charge in [0.1, 0.15) is 0 Å². The van der Waals surface area contributed by atoms with Crippen LogP contribution in [0.1, 0.15) is 11.1 Å². The van der Waals surface area contributed by atoms with E-state index < -0.39 is 0 Å². The summed E-state index contributed by atoms with van der Waals surface area (Å²) in [5, 5.41) is 10.7. The molecule has 1 aliphatic heterocycles. The first-order chi connectivity index (χ1) is 11.6. The van der Waals surface area contributed by atoms with Crippen molar-refractivity contribution >= 4 is 21.6 Å². The minimum absolute atomic E-state index is 0.151. The number of hydrogen-bond donors (Lipinski definition) is 0. The van der Waals surface area contributed by atoms with Gasteiger partial charge in [-0.15, -0.1) is 0 Å². The first-order valence-corrected chi connectivity index (χ1v) is 8.82. The number of halogens is 1. The fraction of sp³-hybridized carbons (Fsp3) is 0.333. The van der Waals surface area contributed by atoms with Crippen molar-refractivity contribution in [2.45, 2.75) is 13.1 Å². The monoisotopic (exact) mass is 389 g/mol. The van der Waals surface area contributed by atoms with E-state index >= 15 is 0 Å². The van der Waals surface area contributed by atoms with Crippen LogP contribution in [0.4, 0.5) is 5.69 Å². The van der Waals surface area contributed by atoms with Gasteiger partial charge in [0.25, 0.3) is 5.69 Å². The molecule has 5 nitrogen and oxygen atoms in total. The maximum atomic E-state index is 10.7. The van der Waals surface area contributed by atoms with Crippen LogP contribution in [0.25, 0.3) is 0 Å². The Bertz CT molecular complexity index is 680. The lowest BCUT2D eigenvalue weighted by Gasteiger charge is -2.34. The van der Waals surface area contributed by atoms with Gasteiger partial charge in [-0.25, -0.2) is 0 Å². The summed E-state index contributed by atoms with van der Waals surface area (Å²) in [6.07, 6.45) is 0. The van der Waals surface area contributed by atoms with Crippen molar-refractivity contribution in [3.63, 3.8) is 0 Å². The lowest BCUT2D eigenvalue weighted by molar-refractivity contribution is -0.384. The van der Waals surface area contributed by atoms with Crippen molar-refractivity contribution in [3.8, 4) is 0 Å². The Balaban J connectivity index is 1.48. The average molecular weight is 390 g/mol. The van der Waals surface area contributed by atoms with Crippen LogP contribution < -0.4 is 0 Å². The smallest absolute Gasteiger partial charge is 0.269 e. The fourth-order valence-electron chi connectivity index (χ4n) is 2.93. The van der Waals surface area contributed by atoms with E-state index in [1.807, 2.05) is 12.1 Å². The summed E-state index contributed by atoms with van der Waals surface area (Å²) in [7, 11) is 0. The van der Waals surface area contributed by atoms with Gasteiger partial charge in [0.2, 0.25) is 0 Å². The number of benzene rings is 2. The molecular formula is C18H20BrN3O2. The standard InChI is InChI=1S/C18H20BrN3O2/c19-17-5-1-15(2-6-17)13-20-9-11-21(12-10-20)14-16-3-7-18(8-4-16)22(23)24/h1-8H,9-14H2. The number of rotatable bonds is 5. The molecule has 1 aliphatic rings. The van der Waals surface area contributed by atoms with Crippen LogP contribution in [-0.2, 0) is 13.1 Å². The van der Waals surface area contributed by atoms with Gasteiger partial charge in [0, 0.05) is 55.9 Å². The van der Waals surface area contributed by atoms with Crippen molar-refractivity contribution in [2.24, 2.45) is 0 Å². The highest BCUT2D eigenvalue weighted by Gasteiger charge is 2.17. The third-order valence-electron chi connectivity index (χ3n) is 4.34. The van der Waals surface area contributed by atoms with Crippen molar-refractivity contribution in [3.05, 3.63) is 74.2 Å². The molecular weight excluding hydrogens is 370 g/mol. The second kappa shape index (κ2) is 7.88. The highest BCUT2D eigenvalue weighted by molar-refractivity contribution is 9.10. The number of hydrogen-bond acceptors (Lipinski definition) is 4. The number of piperazine rings is 1. The zero-order valence-electron chi connectivity index (χ0n) is 13.4. The van der Waals surface area contributed by atoms with Gasteiger partial charge in [-0.1, -0.05) is 40.2 Å². The maximum Gasteiger partial charge on any atom is 0.269 e. The summed E-state index contributed by atoms with van der Waals surface area (Å²) in [5.74, 6) is 0. The first-order valence-electron chi connectivity index (χ1n) is 8.02. The molecule has 2 aromatic carbocycles. The van der Waals surface area contributed by atoms with Gasteiger partial charge in [-0.05, 0) is 23.3 Å². The molecule has 0 amide bonds. The molecule has 1 saturated heterocycles. The quantitative estimate of drug-likeness (QED) is 0.578. The van der Waals surface area contributed by atoms with Gasteiger partial charge < -0.3 is 0 Å². The van der Waals surface area contributed by atoms with Crippen LogP contribution in [0.5, 0.6) is 0 Å². The SMILES string of the molecule is O=[N+]([O-])c1ccc(CN2CCN(Cc3ccc(Br)cc3)CC2)cc1. The van der Waals surface area contributed by atoms with E-state index in [9.17, 15) is 10.1 Å². The zero-order chi connectivity index (χ0) is 16.9. The molecule has 0 N–H and O–H groups in total. The lowest BCUT2D eigenvalue weighted by atomic mass is 10.1. The van der Waals surface area contributed by atoms with Gasteiger partial charge in [0.15, 0.2) is 0 Å². The van der Waals surface area contributed by atoms with E-state index in [0.717, 1.165) is 49.3 Å². The first kappa shape index (κ1) is 17.1. The van der Waals surface area contributed by atoms with Crippen LogP contribution in [-0.4, -0.2) is 40.9 Å². The Kier molecular flexibility index (Phi) is 5.60. The molecule has 1 heterocycles. The molecule has 0 aliphatic carbocycles. The highest BCUT2D eigenvalue weighted by Crippen LogP contribution is 2.16. The van der Waals surface area contributed by atoms with E-state index in [-0.39, 0.29) is 10.6 Å². The highest BCUT2D eigenvalue weighted by atomic mass is 79.9. The van der Waals surface area contributed by atoms with Gasteiger partial charge in [-0.2, -0.15) is 0 Å². The summed E-state index contributed by atoms with van der Waals surface area (Å²) in [4.78, 5) is 15.2. The normalized spacial score (nSPS) is 16.2. The molecule has 0 unspecified atom stereocenters. The summed E-state index contributed by atoms with van der Waals surface area (Å²) >= 11 is 3.46. The van der Waals surface area contributed by atoms with E-state index in [2.05, 4.69) is 50.0 Å². The minimum Gasteiger partial charge on any atom is -0.297 e. The zero-order valence-corrected chi connectivity index (χ0v) is 15.0. The number of nitro benzene ring substituents is 1.